The molecule has 1 atom stereocenters. The van der Waals surface area contributed by atoms with E-state index in [9.17, 15) is 4.79 Å². The number of aromatic nitrogens is 2. The molecule has 0 aliphatic carbocycles. The van der Waals surface area contributed by atoms with Crippen LogP contribution in [0.1, 0.15) is 26.2 Å². The number of rotatable bonds is 3. The number of amides is 1. The Morgan fingerprint density at radius 2 is 1.96 bits per heavy atom. The minimum atomic E-state index is -0.0225. The summed E-state index contributed by atoms with van der Waals surface area (Å²) in [5.74, 6) is 1.46. The second-order valence-corrected chi connectivity index (χ2v) is 7.56. The molecule has 2 aromatic rings. The Hall–Kier alpha value is -2.41. The van der Waals surface area contributed by atoms with Gasteiger partial charge in [-0.25, -0.2) is 0 Å². The molecule has 4 rings (SSSR count). The predicted molar refractivity (Wildman–Crippen MR) is 103 cm³/mol. The van der Waals surface area contributed by atoms with Crippen molar-refractivity contribution in [1.82, 2.24) is 19.9 Å². The SMILES string of the molecule is CCN1CC[C@@]2(CCC1=O)CN(c1noc(-c3ccccc3)n1)CCN2C. The first-order chi connectivity index (χ1) is 13.1. The number of hydrogen-bond acceptors (Lipinski definition) is 6. The minimum Gasteiger partial charge on any atom is -0.343 e. The van der Waals surface area contributed by atoms with E-state index in [1.54, 1.807) is 0 Å². The van der Waals surface area contributed by atoms with Crippen molar-refractivity contribution in [1.29, 1.82) is 0 Å². The lowest BCUT2D eigenvalue weighted by Crippen LogP contribution is -2.61. The van der Waals surface area contributed by atoms with Crippen LogP contribution in [-0.4, -0.2) is 71.2 Å². The standard InChI is InChI=1S/C20H27N5O2/c1-3-24-12-11-20(10-9-17(24)26)15-25(14-13-23(20)2)19-21-18(27-22-19)16-7-5-4-6-8-16/h4-8H,3,9-15H2,1-2H3/t20-/m0/s1. The monoisotopic (exact) mass is 369 g/mol. The molecular weight excluding hydrogens is 342 g/mol. The van der Waals surface area contributed by atoms with Crippen molar-refractivity contribution in [3.05, 3.63) is 30.3 Å². The maximum absolute atomic E-state index is 12.3. The highest BCUT2D eigenvalue weighted by Crippen LogP contribution is 2.33. The highest BCUT2D eigenvalue weighted by Gasteiger charge is 2.43. The molecule has 2 saturated heterocycles. The van der Waals surface area contributed by atoms with Gasteiger partial charge < -0.3 is 14.3 Å². The van der Waals surface area contributed by atoms with Gasteiger partial charge in [0.1, 0.15) is 0 Å². The van der Waals surface area contributed by atoms with E-state index in [-0.39, 0.29) is 11.4 Å². The van der Waals surface area contributed by atoms with Crippen LogP contribution < -0.4 is 4.90 Å². The molecule has 27 heavy (non-hydrogen) atoms. The average molecular weight is 369 g/mol. The molecule has 7 heteroatoms. The van der Waals surface area contributed by atoms with Gasteiger partial charge in [-0.1, -0.05) is 18.2 Å². The van der Waals surface area contributed by atoms with Crippen molar-refractivity contribution in [3.8, 4) is 11.5 Å². The molecule has 1 aromatic heterocycles. The van der Waals surface area contributed by atoms with Gasteiger partial charge in [0.2, 0.25) is 5.91 Å². The molecule has 7 nitrogen and oxygen atoms in total. The number of anilines is 1. The number of piperazine rings is 1. The fourth-order valence-corrected chi connectivity index (χ4v) is 4.24. The van der Waals surface area contributed by atoms with Gasteiger partial charge in [-0.15, -0.1) is 0 Å². The summed E-state index contributed by atoms with van der Waals surface area (Å²) in [5, 5.41) is 4.23. The molecule has 144 valence electrons. The Bertz CT molecular complexity index is 793. The Kier molecular flexibility index (Phi) is 4.86. The summed E-state index contributed by atoms with van der Waals surface area (Å²) >= 11 is 0. The first-order valence-electron chi connectivity index (χ1n) is 9.74. The van der Waals surface area contributed by atoms with E-state index in [0.29, 0.717) is 18.3 Å². The second kappa shape index (κ2) is 7.31. The van der Waals surface area contributed by atoms with Crippen molar-refractivity contribution >= 4 is 11.9 Å². The molecule has 0 saturated carbocycles. The number of benzene rings is 1. The van der Waals surface area contributed by atoms with Crippen LogP contribution >= 0.6 is 0 Å². The Morgan fingerprint density at radius 1 is 1.15 bits per heavy atom. The first kappa shape index (κ1) is 18.0. The van der Waals surface area contributed by atoms with E-state index in [0.717, 1.165) is 51.1 Å². The van der Waals surface area contributed by atoms with E-state index in [1.807, 2.05) is 35.2 Å². The summed E-state index contributed by atoms with van der Waals surface area (Å²) in [6.07, 6.45) is 2.45. The van der Waals surface area contributed by atoms with E-state index >= 15 is 0 Å². The third-order valence-electron chi connectivity index (χ3n) is 6.10. The van der Waals surface area contributed by atoms with Gasteiger partial charge in [0, 0.05) is 50.2 Å². The number of likely N-dealkylation sites (N-methyl/N-ethyl adjacent to an activating group) is 1. The molecular formula is C20H27N5O2. The lowest BCUT2D eigenvalue weighted by Gasteiger charge is -2.49. The van der Waals surface area contributed by atoms with Gasteiger partial charge >= 0.3 is 0 Å². The summed E-state index contributed by atoms with van der Waals surface area (Å²) in [7, 11) is 2.18. The van der Waals surface area contributed by atoms with Crippen LogP contribution in [0.25, 0.3) is 11.5 Å². The fourth-order valence-electron chi connectivity index (χ4n) is 4.24. The third-order valence-corrected chi connectivity index (χ3v) is 6.10. The van der Waals surface area contributed by atoms with Crippen LogP contribution in [0.2, 0.25) is 0 Å². The van der Waals surface area contributed by atoms with Crippen molar-refractivity contribution in [2.24, 2.45) is 0 Å². The third kappa shape index (κ3) is 3.43. The van der Waals surface area contributed by atoms with Crippen molar-refractivity contribution in [2.75, 3.05) is 44.7 Å². The lowest BCUT2D eigenvalue weighted by atomic mass is 9.86. The van der Waals surface area contributed by atoms with Crippen LogP contribution in [0.4, 0.5) is 5.95 Å². The lowest BCUT2D eigenvalue weighted by molar-refractivity contribution is -0.130. The summed E-state index contributed by atoms with van der Waals surface area (Å²) in [5.41, 5.74) is 0.907. The zero-order valence-electron chi connectivity index (χ0n) is 16.1. The second-order valence-electron chi connectivity index (χ2n) is 7.56. The smallest absolute Gasteiger partial charge is 0.266 e. The van der Waals surface area contributed by atoms with Crippen LogP contribution in [0, 0.1) is 0 Å². The highest BCUT2D eigenvalue weighted by atomic mass is 16.5. The van der Waals surface area contributed by atoms with Gasteiger partial charge in [0.25, 0.3) is 11.8 Å². The quantitative estimate of drug-likeness (QED) is 0.827. The van der Waals surface area contributed by atoms with Crippen molar-refractivity contribution < 1.29 is 9.32 Å². The summed E-state index contributed by atoms with van der Waals surface area (Å²) < 4.78 is 5.50. The Morgan fingerprint density at radius 3 is 2.74 bits per heavy atom. The highest BCUT2D eigenvalue weighted by molar-refractivity contribution is 5.76. The maximum atomic E-state index is 12.3. The number of carbonyl (C=O) groups excluding carboxylic acids is 1. The van der Waals surface area contributed by atoms with E-state index in [2.05, 4.69) is 33.9 Å². The van der Waals surface area contributed by atoms with Crippen molar-refractivity contribution in [2.45, 2.75) is 31.7 Å². The van der Waals surface area contributed by atoms with Crippen molar-refractivity contribution in [3.63, 3.8) is 0 Å². The van der Waals surface area contributed by atoms with E-state index in [4.69, 9.17) is 4.52 Å². The van der Waals surface area contributed by atoms with E-state index in [1.165, 1.54) is 0 Å². The molecule has 3 heterocycles. The van der Waals surface area contributed by atoms with Crippen LogP contribution in [0.15, 0.2) is 34.9 Å². The molecule has 1 amide bonds. The topological polar surface area (TPSA) is 65.7 Å². The zero-order valence-corrected chi connectivity index (χ0v) is 16.1. The summed E-state index contributed by atoms with van der Waals surface area (Å²) in [6, 6.07) is 9.84. The maximum Gasteiger partial charge on any atom is 0.266 e. The molecule has 0 radical (unpaired) electrons. The zero-order chi connectivity index (χ0) is 18.9. The molecule has 2 aliphatic heterocycles. The number of carbonyl (C=O) groups is 1. The number of nitrogens with zero attached hydrogens (tertiary/aromatic N) is 5. The fraction of sp³-hybridized carbons (Fsp3) is 0.550. The summed E-state index contributed by atoms with van der Waals surface area (Å²) in [6.45, 7) is 6.26. The first-order valence-corrected chi connectivity index (χ1v) is 9.74. The van der Waals surface area contributed by atoms with Crippen LogP contribution in [0.3, 0.4) is 0 Å². The van der Waals surface area contributed by atoms with E-state index < -0.39 is 0 Å². The molecule has 0 unspecified atom stereocenters. The molecule has 2 aliphatic rings. The Balaban J connectivity index is 1.54. The summed E-state index contributed by atoms with van der Waals surface area (Å²) in [4.78, 5) is 23.6. The molecule has 2 fully saturated rings. The largest absolute Gasteiger partial charge is 0.343 e. The molecule has 0 N–H and O–H groups in total. The molecule has 1 spiro atoms. The van der Waals surface area contributed by atoms with Gasteiger partial charge in [-0.2, -0.15) is 4.98 Å². The van der Waals surface area contributed by atoms with Gasteiger partial charge in [0.05, 0.1) is 0 Å². The number of likely N-dealkylation sites (tertiary alicyclic amines) is 1. The van der Waals surface area contributed by atoms with Gasteiger partial charge in [-0.05, 0) is 44.1 Å². The minimum absolute atomic E-state index is 0.0225. The normalized spacial score (nSPS) is 24.4. The predicted octanol–water partition coefficient (Wildman–Crippen LogP) is 2.26. The van der Waals surface area contributed by atoms with Gasteiger partial charge in [0.15, 0.2) is 0 Å². The van der Waals surface area contributed by atoms with Gasteiger partial charge in [-0.3, -0.25) is 9.69 Å². The van der Waals surface area contributed by atoms with Crippen LogP contribution in [-0.2, 0) is 4.79 Å². The molecule has 0 bridgehead atoms. The Labute approximate surface area is 159 Å². The average Bonchev–Trinajstić information content (AvgIpc) is 3.13. The van der Waals surface area contributed by atoms with Crippen LogP contribution in [0.5, 0.6) is 0 Å². The molecule has 1 aromatic carbocycles. The number of hydrogen-bond donors (Lipinski definition) is 0.